The average Bonchev–Trinajstić information content (AvgIpc) is 2.65. The van der Waals surface area contributed by atoms with Crippen LogP contribution < -0.4 is 0 Å². The van der Waals surface area contributed by atoms with Crippen LogP contribution in [0.3, 0.4) is 0 Å². The number of rotatable bonds is 20. The van der Waals surface area contributed by atoms with E-state index in [1.807, 2.05) is 6.92 Å². The van der Waals surface area contributed by atoms with Crippen LogP contribution in [0.1, 0.15) is 41.5 Å². The molecule has 0 aromatic rings. The van der Waals surface area contributed by atoms with Crippen LogP contribution in [0.15, 0.2) is 0 Å². The quantitative estimate of drug-likeness (QED) is 0.217. The number of aliphatic hydroxyl groups is 3. The maximum atomic E-state index is 11.0. The Balaban J connectivity index is 4.90. The molecule has 32 heavy (non-hydrogen) atoms. The number of carbonyl (C=O) groups excluding carboxylic acids is 1. The zero-order valence-corrected chi connectivity index (χ0v) is 20.5. The van der Waals surface area contributed by atoms with E-state index in [1.54, 1.807) is 27.7 Å². The van der Waals surface area contributed by atoms with Crippen molar-refractivity contribution in [1.82, 2.24) is 0 Å². The molecule has 0 fully saturated rings. The van der Waals surface area contributed by atoms with E-state index in [9.17, 15) is 20.1 Å². The molecular formula is C22H44O10. The van der Waals surface area contributed by atoms with Crippen LogP contribution >= 0.6 is 0 Å². The van der Waals surface area contributed by atoms with E-state index < -0.39 is 23.7 Å². The molecule has 0 aliphatic carbocycles. The molecule has 0 radical (unpaired) electrons. The van der Waals surface area contributed by atoms with Crippen LogP contribution in [0.25, 0.3) is 0 Å². The normalized spacial score (nSPS) is 18.4. The van der Waals surface area contributed by atoms with Crippen molar-refractivity contribution >= 4 is 5.97 Å². The third kappa shape index (κ3) is 17.7. The van der Waals surface area contributed by atoms with Crippen LogP contribution in [-0.4, -0.2) is 111 Å². The molecule has 0 rings (SSSR count). The van der Waals surface area contributed by atoms with Crippen molar-refractivity contribution in [2.24, 2.45) is 5.41 Å². The van der Waals surface area contributed by atoms with Gasteiger partial charge in [-0.25, -0.2) is 0 Å². The van der Waals surface area contributed by atoms with Crippen LogP contribution in [0.2, 0.25) is 0 Å². The van der Waals surface area contributed by atoms with Crippen molar-refractivity contribution in [2.75, 3.05) is 59.5 Å². The van der Waals surface area contributed by atoms with Gasteiger partial charge in [0.2, 0.25) is 0 Å². The van der Waals surface area contributed by atoms with E-state index in [2.05, 4.69) is 0 Å². The minimum absolute atomic E-state index is 0.141. The van der Waals surface area contributed by atoms with Crippen molar-refractivity contribution in [3.63, 3.8) is 0 Å². The highest BCUT2D eigenvalue weighted by atomic mass is 16.6. The summed E-state index contributed by atoms with van der Waals surface area (Å²) >= 11 is 0. The van der Waals surface area contributed by atoms with Crippen LogP contribution in [0.4, 0.5) is 0 Å². The molecule has 5 atom stereocenters. The minimum atomic E-state index is -0.719. The Morgan fingerprint density at radius 3 is 1.38 bits per heavy atom. The molecule has 0 spiro atoms. The van der Waals surface area contributed by atoms with E-state index in [-0.39, 0.29) is 77.6 Å². The molecular weight excluding hydrogens is 424 g/mol. The van der Waals surface area contributed by atoms with Gasteiger partial charge >= 0.3 is 5.97 Å². The summed E-state index contributed by atoms with van der Waals surface area (Å²) < 4.78 is 33.5. The first-order valence-corrected chi connectivity index (χ1v) is 11.1. The summed E-state index contributed by atoms with van der Waals surface area (Å²) in [5.41, 5.74) is -0.719. The first-order valence-electron chi connectivity index (χ1n) is 11.1. The molecule has 10 heteroatoms. The average molecular weight is 469 g/mol. The number of aliphatic hydroxyl groups excluding tert-OH is 3. The summed E-state index contributed by atoms with van der Waals surface area (Å²) in [5.74, 6) is -0.360. The van der Waals surface area contributed by atoms with Gasteiger partial charge in [0.05, 0.1) is 89.3 Å². The van der Waals surface area contributed by atoms with Crippen molar-refractivity contribution in [3.8, 4) is 0 Å². The number of carbonyl (C=O) groups is 1. The summed E-state index contributed by atoms with van der Waals surface area (Å²) in [6.45, 7) is 11.6. The van der Waals surface area contributed by atoms with Crippen LogP contribution in [0, 0.1) is 5.41 Å². The Kier molecular flexibility index (Phi) is 17.1. The van der Waals surface area contributed by atoms with Gasteiger partial charge in [-0.3, -0.25) is 4.79 Å². The largest absolute Gasteiger partial charge is 0.460 e. The SMILES string of the molecule is CC(=O)OC(C)COC(C)COCC(COCC(C)O)(COCC(C)O)COCC(C)O. The van der Waals surface area contributed by atoms with Gasteiger partial charge < -0.3 is 43.7 Å². The number of esters is 1. The second-order valence-corrected chi connectivity index (χ2v) is 8.67. The second-order valence-electron chi connectivity index (χ2n) is 8.67. The number of hydrogen-bond acceptors (Lipinski definition) is 10. The molecule has 0 saturated carbocycles. The molecule has 10 nitrogen and oxygen atoms in total. The Morgan fingerprint density at radius 2 is 1.03 bits per heavy atom. The van der Waals surface area contributed by atoms with Gasteiger partial charge in [-0.05, 0) is 34.6 Å². The third-order valence-corrected chi connectivity index (χ3v) is 4.05. The highest BCUT2D eigenvalue weighted by molar-refractivity contribution is 5.66. The predicted octanol–water partition coefficient (Wildman–Crippen LogP) is 0.538. The van der Waals surface area contributed by atoms with E-state index in [0.29, 0.717) is 0 Å². The molecule has 0 aliphatic heterocycles. The Hall–Kier alpha value is -0.850. The lowest BCUT2D eigenvalue weighted by molar-refractivity contribution is -0.151. The monoisotopic (exact) mass is 468 g/mol. The van der Waals surface area contributed by atoms with Crippen molar-refractivity contribution in [2.45, 2.75) is 72.1 Å². The summed E-state index contributed by atoms with van der Waals surface area (Å²) in [6, 6.07) is 0. The van der Waals surface area contributed by atoms with Gasteiger partial charge in [0.15, 0.2) is 0 Å². The molecule has 0 saturated heterocycles. The summed E-state index contributed by atoms with van der Waals surface area (Å²) in [7, 11) is 0. The first kappa shape index (κ1) is 31.1. The number of hydrogen-bond donors (Lipinski definition) is 3. The van der Waals surface area contributed by atoms with E-state index in [0.717, 1.165) is 0 Å². The topological polar surface area (TPSA) is 133 Å². The Labute approximate surface area is 192 Å². The Bertz CT molecular complexity index is 434. The molecule has 3 N–H and O–H groups in total. The highest BCUT2D eigenvalue weighted by Gasteiger charge is 2.33. The standard InChI is InChI=1S/C22H44O10/c1-16(23)7-27-12-22(13-28-8-17(2)24,14-29-9-18(3)25)15-30-10-19(4)31-11-20(5)32-21(6)26/h16-20,23-25H,7-15H2,1-6H3. The zero-order chi connectivity index (χ0) is 24.6. The van der Waals surface area contributed by atoms with Gasteiger partial charge in [-0.1, -0.05) is 0 Å². The Morgan fingerprint density at radius 1 is 0.656 bits per heavy atom. The molecule has 0 aromatic carbocycles. The molecule has 0 aliphatic rings. The van der Waals surface area contributed by atoms with Crippen LogP contribution in [-0.2, 0) is 33.2 Å². The van der Waals surface area contributed by atoms with E-state index in [1.165, 1.54) is 6.92 Å². The molecule has 192 valence electrons. The van der Waals surface area contributed by atoms with Gasteiger partial charge in [-0.15, -0.1) is 0 Å². The van der Waals surface area contributed by atoms with Gasteiger partial charge in [0, 0.05) is 6.92 Å². The molecule has 0 heterocycles. The summed E-state index contributed by atoms with van der Waals surface area (Å²) in [6.07, 6.45) is -2.49. The molecule has 0 bridgehead atoms. The van der Waals surface area contributed by atoms with Gasteiger partial charge in [-0.2, -0.15) is 0 Å². The lowest BCUT2D eigenvalue weighted by Gasteiger charge is -2.34. The lowest BCUT2D eigenvalue weighted by atomic mass is 9.92. The fourth-order valence-electron chi connectivity index (χ4n) is 2.69. The van der Waals surface area contributed by atoms with Crippen LogP contribution in [0.5, 0.6) is 0 Å². The van der Waals surface area contributed by atoms with Crippen molar-refractivity contribution in [3.05, 3.63) is 0 Å². The molecule has 0 amide bonds. The first-order chi connectivity index (χ1) is 15.0. The second kappa shape index (κ2) is 17.6. The van der Waals surface area contributed by atoms with Crippen molar-refractivity contribution < 1.29 is 48.5 Å². The maximum Gasteiger partial charge on any atom is 0.302 e. The fraction of sp³-hybridized carbons (Fsp3) is 0.955. The maximum absolute atomic E-state index is 11.0. The zero-order valence-electron chi connectivity index (χ0n) is 20.5. The summed E-state index contributed by atoms with van der Waals surface area (Å²) in [4.78, 5) is 11.0. The molecule has 5 unspecified atom stereocenters. The third-order valence-electron chi connectivity index (χ3n) is 4.05. The van der Waals surface area contributed by atoms with Crippen molar-refractivity contribution in [1.29, 1.82) is 0 Å². The lowest BCUT2D eigenvalue weighted by Crippen LogP contribution is -2.43. The van der Waals surface area contributed by atoms with E-state index >= 15 is 0 Å². The van der Waals surface area contributed by atoms with E-state index in [4.69, 9.17) is 28.4 Å². The molecule has 0 aromatic heterocycles. The van der Waals surface area contributed by atoms with Gasteiger partial charge in [0.25, 0.3) is 0 Å². The minimum Gasteiger partial charge on any atom is -0.460 e. The van der Waals surface area contributed by atoms with Gasteiger partial charge in [0.1, 0.15) is 6.10 Å². The predicted molar refractivity (Wildman–Crippen MR) is 117 cm³/mol. The fourth-order valence-corrected chi connectivity index (χ4v) is 2.69. The number of ether oxygens (including phenoxy) is 6. The highest BCUT2D eigenvalue weighted by Crippen LogP contribution is 2.21. The smallest absolute Gasteiger partial charge is 0.302 e. The summed E-state index contributed by atoms with van der Waals surface area (Å²) in [5, 5.41) is 28.6.